The summed E-state index contributed by atoms with van der Waals surface area (Å²) in [5.41, 5.74) is 1.99. The number of nitrogens with one attached hydrogen (secondary N) is 1. The number of hydrogen-bond acceptors (Lipinski definition) is 7. The summed E-state index contributed by atoms with van der Waals surface area (Å²) < 4.78 is 38.0. The van der Waals surface area contributed by atoms with Crippen LogP contribution in [0.4, 0.5) is 0 Å². The average Bonchev–Trinajstić information content (AvgIpc) is 3.38. The minimum Gasteiger partial charge on any atom is -0.488 e. The lowest BCUT2D eigenvalue weighted by Crippen LogP contribution is -2.30. The zero-order valence-electron chi connectivity index (χ0n) is 18.5. The third-order valence-corrected chi connectivity index (χ3v) is 8.65. The lowest BCUT2D eigenvalue weighted by atomic mass is 10.2. The lowest BCUT2D eigenvalue weighted by molar-refractivity contribution is 0.0946. The quantitative estimate of drug-likeness (QED) is 0.475. The van der Waals surface area contributed by atoms with Crippen molar-refractivity contribution in [3.63, 3.8) is 0 Å². The number of ether oxygens (including phenoxy) is 1. The van der Waals surface area contributed by atoms with Crippen molar-refractivity contribution in [2.45, 2.75) is 45.1 Å². The molecule has 0 unspecified atom stereocenters. The van der Waals surface area contributed by atoms with Crippen molar-refractivity contribution in [2.75, 3.05) is 13.1 Å². The Morgan fingerprint density at radius 3 is 2.53 bits per heavy atom. The smallest absolute Gasteiger partial charge is 0.255 e. The molecule has 0 spiro atoms. The Bertz CT molecular complexity index is 1160. The topological polar surface area (TPSA) is 102 Å². The van der Waals surface area contributed by atoms with E-state index in [-0.39, 0.29) is 23.3 Å². The van der Waals surface area contributed by atoms with Crippen LogP contribution in [0.3, 0.4) is 0 Å². The number of aromatic nitrogens is 1. The van der Waals surface area contributed by atoms with Gasteiger partial charge >= 0.3 is 0 Å². The van der Waals surface area contributed by atoms with Gasteiger partial charge in [0.15, 0.2) is 0 Å². The van der Waals surface area contributed by atoms with Crippen LogP contribution < -0.4 is 10.1 Å². The van der Waals surface area contributed by atoms with Crippen LogP contribution in [-0.2, 0) is 23.2 Å². The SMILES string of the molecule is CCN(CC)S(=O)(=O)c1ccc(CNC(=O)c2ccccc2OCc2c(C)noc2C)s1. The second kappa shape index (κ2) is 10.3. The highest BCUT2D eigenvalue weighted by Crippen LogP contribution is 2.25. The van der Waals surface area contributed by atoms with Crippen molar-refractivity contribution >= 4 is 27.3 Å². The number of nitrogens with zero attached hydrogens (tertiary/aromatic N) is 2. The summed E-state index contributed by atoms with van der Waals surface area (Å²) in [6, 6.07) is 10.3. The molecule has 0 bridgehead atoms. The summed E-state index contributed by atoms with van der Waals surface area (Å²) in [6.07, 6.45) is 0. The predicted octanol–water partition coefficient (Wildman–Crippen LogP) is 3.89. The highest BCUT2D eigenvalue weighted by Gasteiger charge is 2.23. The number of amides is 1. The van der Waals surface area contributed by atoms with Gasteiger partial charge in [-0.15, -0.1) is 11.3 Å². The average molecular weight is 478 g/mol. The summed E-state index contributed by atoms with van der Waals surface area (Å²) in [7, 11) is -3.51. The Morgan fingerprint density at radius 1 is 1.16 bits per heavy atom. The molecule has 0 saturated heterocycles. The standard InChI is InChI=1S/C22H27N3O5S2/c1-5-25(6-2)32(27,28)21-12-11-17(31-21)13-23-22(26)18-9-7-8-10-20(18)29-14-19-15(3)24-30-16(19)4/h7-12H,5-6,13-14H2,1-4H3,(H,23,26). The molecule has 8 nitrogen and oxygen atoms in total. The Labute approximate surface area is 192 Å². The molecule has 2 heterocycles. The number of thiophene rings is 1. The number of sulfonamides is 1. The van der Waals surface area contributed by atoms with E-state index in [0.717, 1.165) is 27.5 Å². The molecule has 0 radical (unpaired) electrons. The normalized spacial score (nSPS) is 11.7. The fourth-order valence-electron chi connectivity index (χ4n) is 3.18. The Balaban J connectivity index is 1.67. The van der Waals surface area contributed by atoms with Crippen molar-refractivity contribution in [3.05, 3.63) is 63.9 Å². The molecule has 2 aromatic heterocycles. The first kappa shape index (κ1) is 24.0. The number of carbonyl (C=O) groups excluding carboxylic acids is 1. The molecule has 10 heteroatoms. The molecule has 1 aromatic carbocycles. The maximum Gasteiger partial charge on any atom is 0.255 e. The van der Waals surface area contributed by atoms with Crippen LogP contribution in [-0.4, -0.2) is 36.9 Å². The van der Waals surface area contributed by atoms with E-state index < -0.39 is 10.0 Å². The highest BCUT2D eigenvalue weighted by molar-refractivity contribution is 7.91. The molecule has 3 rings (SSSR count). The third-order valence-electron chi connectivity index (χ3n) is 5.04. The van der Waals surface area contributed by atoms with E-state index >= 15 is 0 Å². The van der Waals surface area contributed by atoms with Crippen LogP contribution in [0.15, 0.2) is 45.1 Å². The van der Waals surface area contributed by atoms with Gasteiger partial charge in [0.1, 0.15) is 22.3 Å². The summed E-state index contributed by atoms with van der Waals surface area (Å²) in [5, 5.41) is 6.76. The van der Waals surface area contributed by atoms with E-state index in [1.165, 1.54) is 4.31 Å². The summed E-state index contributed by atoms with van der Waals surface area (Å²) in [6.45, 7) is 8.54. The largest absolute Gasteiger partial charge is 0.488 e. The fourth-order valence-corrected chi connectivity index (χ4v) is 6.09. The molecule has 32 heavy (non-hydrogen) atoms. The van der Waals surface area contributed by atoms with Gasteiger partial charge in [0.25, 0.3) is 15.9 Å². The maximum absolute atomic E-state index is 12.8. The molecule has 3 aromatic rings. The van der Waals surface area contributed by atoms with Crippen LogP contribution in [0.1, 0.15) is 46.1 Å². The first-order valence-corrected chi connectivity index (χ1v) is 12.5. The van der Waals surface area contributed by atoms with Crippen molar-refractivity contribution in [3.8, 4) is 5.75 Å². The first-order valence-electron chi connectivity index (χ1n) is 10.3. The van der Waals surface area contributed by atoms with Crippen molar-refractivity contribution < 1.29 is 22.5 Å². The van der Waals surface area contributed by atoms with Crippen molar-refractivity contribution in [2.24, 2.45) is 0 Å². The monoisotopic (exact) mass is 477 g/mol. The molecule has 1 amide bonds. The van der Waals surface area contributed by atoms with Crippen molar-refractivity contribution in [1.29, 1.82) is 0 Å². The number of hydrogen-bond donors (Lipinski definition) is 1. The van der Waals surface area contributed by atoms with Crippen LogP contribution in [0.5, 0.6) is 5.75 Å². The summed E-state index contributed by atoms with van der Waals surface area (Å²) >= 11 is 1.16. The fraction of sp³-hybridized carbons (Fsp3) is 0.364. The zero-order valence-corrected chi connectivity index (χ0v) is 20.2. The van der Waals surface area contributed by atoms with Gasteiger partial charge in [-0.2, -0.15) is 4.31 Å². The van der Waals surface area contributed by atoms with Gasteiger partial charge in [0.05, 0.1) is 23.4 Å². The first-order chi connectivity index (χ1) is 15.3. The summed E-state index contributed by atoms with van der Waals surface area (Å²) in [5.74, 6) is 0.819. The predicted molar refractivity (Wildman–Crippen MR) is 122 cm³/mol. The van der Waals surface area contributed by atoms with Gasteiger partial charge in [-0.3, -0.25) is 4.79 Å². The van der Waals surface area contributed by atoms with Gasteiger partial charge in [-0.05, 0) is 38.1 Å². The van der Waals surface area contributed by atoms with Crippen LogP contribution >= 0.6 is 11.3 Å². The second-order valence-corrected chi connectivity index (χ2v) is 10.4. The molecule has 0 saturated carbocycles. The van der Waals surface area contributed by atoms with Crippen LogP contribution in [0.2, 0.25) is 0 Å². The Morgan fingerprint density at radius 2 is 1.88 bits per heavy atom. The molecule has 1 N–H and O–H groups in total. The van der Waals surface area contributed by atoms with E-state index in [1.807, 2.05) is 13.8 Å². The maximum atomic E-state index is 12.8. The zero-order chi connectivity index (χ0) is 23.3. The van der Waals surface area contributed by atoms with Gasteiger partial charge in [0.2, 0.25) is 0 Å². The third kappa shape index (κ3) is 5.20. The van der Waals surface area contributed by atoms with Gasteiger partial charge < -0.3 is 14.6 Å². The lowest BCUT2D eigenvalue weighted by Gasteiger charge is -2.16. The highest BCUT2D eigenvalue weighted by atomic mass is 32.2. The molecule has 0 aliphatic rings. The molecule has 0 atom stereocenters. The molecular formula is C22H27N3O5S2. The van der Waals surface area contributed by atoms with E-state index in [1.54, 1.807) is 50.2 Å². The second-order valence-electron chi connectivity index (χ2n) is 7.08. The number of benzene rings is 1. The van der Waals surface area contributed by atoms with E-state index in [4.69, 9.17) is 9.26 Å². The number of carbonyl (C=O) groups is 1. The van der Waals surface area contributed by atoms with E-state index in [0.29, 0.717) is 30.2 Å². The minimum atomic E-state index is -3.51. The molecular weight excluding hydrogens is 450 g/mol. The van der Waals surface area contributed by atoms with E-state index in [9.17, 15) is 13.2 Å². The van der Waals surface area contributed by atoms with Crippen molar-refractivity contribution in [1.82, 2.24) is 14.8 Å². The molecule has 172 valence electrons. The molecule has 0 aliphatic heterocycles. The number of para-hydroxylation sites is 1. The Hall–Kier alpha value is -2.69. The Kier molecular flexibility index (Phi) is 7.70. The molecule has 0 aliphatic carbocycles. The van der Waals surface area contributed by atoms with Gasteiger partial charge in [-0.1, -0.05) is 31.1 Å². The molecule has 0 fully saturated rings. The number of aryl methyl sites for hydroxylation is 2. The van der Waals surface area contributed by atoms with Crippen LogP contribution in [0, 0.1) is 13.8 Å². The number of rotatable bonds is 10. The minimum absolute atomic E-state index is 0.218. The van der Waals surface area contributed by atoms with Gasteiger partial charge in [-0.25, -0.2) is 8.42 Å². The summed E-state index contributed by atoms with van der Waals surface area (Å²) in [4.78, 5) is 13.5. The van der Waals surface area contributed by atoms with Gasteiger partial charge in [0, 0.05) is 18.0 Å². The van der Waals surface area contributed by atoms with Crippen LogP contribution in [0.25, 0.3) is 0 Å². The van der Waals surface area contributed by atoms with E-state index in [2.05, 4.69) is 10.5 Å².